The Kier molecular flexibility index (Phi) is 3.69. The minimum Gasteiger partial charge on any atom is -0.293 e. The fourth-order valence-electron chi connectivity index (χ4n) is 1.25. The van der Waals surface area contributed by atoms with Crippen LogP contribution >= 0.6 is 0 Å². The van der Waals surface area contributed by atoms with Crippen molar-refractivity contribution in [3.05, 3.63) is 35.4 Å². The van der Waals surface area contributed by atoms with Gasteiger partial charge in [-0.3, -0.25) is 4.99 Å². The molecule has 13 heavy (non-hydrogen) atoms. The largest absolute Gasteiger partial charge is 0.293 e. The molecule has 0 aromatic heterocycles. The molecule has 0 aliphatic rings. The van der Waals surface area contributed by atoms with Crippen molar-refractivity contribution in [2.24, 2.45) is 4.99 Å². The lowest BCUT2D eigenvalue weighted by atomic mass is 10.0. The van der Waals surface area contributed by atoms with Crippen molar-refractivity contribution in [2.75, 3.05) is 0 Å². The quantitative estimate of drug-likeness (QED) is 0.624. The topological polar surface area (TPSA) is 12.4 Å². The van der Waals surface area contributed by atoms with Gasteiger partial charge in [-0.1, -0.05) is 38.1 Å². The average Bonchev–Trinajstić information content (AvgIpc) is 2.15. The Balaban J connectivity index is 2.79. The molecule has 0 saturated heterocycles. The summed E-state index contributed by atoms with van der Waals surface area (Å²) in [6, 6.07) is 8.64. The molecule has 1 heteroatoms. The second kappa shape index (κ2) is 4.80. The molecule has 0 saturated carbocycles. The molecule has 0 fully saturated rings. The van der Waals surface area contributed by atoms with E-state index in [9.17, 15) is 0 Å². The monoisotopic (exact) mass is 175 g/mol. The zero-order valence-corrected chi connectivity index (χ0v) is 8.62. The predicted octanol–water partition coefficient (Wildman–Crippen LogP) is 3.40. The van der Waals surface area contributed by atoms with Gasteiger partial charge in [-0.15, -0.1) is 0 Å². The van der Waals surface area contributed by atoms with Crippen LogP contribution in [0, 0.1) is 0 Å². The first kappa shape index (κ1) is 9.97. The van der Waals surface area contributed by atoms with Crippen LogP contribution in [0.2, 0.25) is 0 Å². The second-order valence-electron chi connectivity index (χ2n) is 3.50. The van der Waals surface area contributed by atoms with Gasteiger partial charge in [0.15, 0.2) is 0 Å². The molecular weight excluding hydrogens is 158 g/mol. The van der Waals surface area contributed by atoms with E-state index in [4.69, 9.17) is 0 Å². The van der Waals surface area contributed by atoms with Crippen molar-refractivity contribution in [3.63, 3.8) is 0 Å². The molecule has 1 aromatic carbocycles. The summed E-state index contributed by atoms with van der Waals surface area (Å²) in [6.07, 6.45) is 1.85. The van der Waals surface area contributed by atoms with Crippen LogP contribution in [0.15, 0.2) is 29.3 Å². The van der Waals surface area contributed by atoms with Crippen LogP contribution < -0.4 is 0 Å². The molecule has 0 unspecified atom stereocenters. The van der Waals surface area contributed by atoms with E-state index >= 15 is 0 Å². The van der Waals surface area contributed by atoms with Crippen LogP contribution in [0.3, 0.4) is 0 Å². The molecule has 0 heterocycles. The van der Waals surface area contributed by atoms with Crippen LogP contribution in [0.5, 0.6) is 0 Å². The maximum Gasteiger partial charge on any atom is 0.0635 e. The maximum absolute atomic E-state index is 4.22. The fraction of sp³-hybridized carbons (Fsp3) is 0.417. The Morgan fingerprint density at radius 1 is 1.38 bits per heavy atom. The summed E-state index contributed by atoms with van der Waals surface area (Å²) in [5.41, 5.74) is 2.69. The highest BCUT2D eigenvalue weighted by molar-refractivity contribution is 5.53. The molecule has 0 radical (unpaired) electrons. The van der Waals surface area contributed by atoms with E-state index in [1.54, 1.807) is 0 Å². The zero-order chi connectivity index (χ0) is 9.68. The van der Waals surface area contributed by atoms with Crippen LogP contribution in [-0.2, 0) is 6.54 Å². The molecule has 0 amide bonds. The number of hydrogen-bond donors (Lipinski definition) is 0. The Bertz CT molecular complexity index is 287. The van der Waals surface area contributed by atoms with E-state index in [1.807, 2.05) is 13.1 Å². The van der Waals surface area contributed by atoms with E-state index in [0.717, 1.165) is 6.54 Å². The standard InChI is InChI=1S/C12H17N/c1-4-13-9-11-6-5-7-12(8-11)10(2)3/h4-8,10H,9H2,1-3H3. The van der Waals surface area contributed by atoms with Crippen molar-refractivity contribution < 1.29 is 0 Å². The Morgan fingerprint density at radius 2 is 2.15 bits per heavy atom. The second-order valence-corrected chi connectivity index (χ2v) is 3.50. The Hall–Kier alpha value is -1.11. The highest BCUT2D eigenvalue weighted by atomic mass is 14.7. The average molecular weight is 175 g/mol. The lowest BCUT2D eigenvalue weighted by molar-refractivity contribution is 0.861. The van der Waals surface area contributed by atoms with Crippen molar-refractivity contribution in [2.45, 2.75) is 33.2 Å². The third kappa shape index (κ3) is 3.02. The summed E-state index contributed by atoms with van der Waals surface area (Å²) < 4.78 is 0. The van der Waals surface area contributed by atoms with Gasteiger partial charge in [0.25, 0.3) is 0 Å². The predicted molar refractivity (Wildman–Crippen MR) is 58.4 cm³/mol. The van der Waals surface area contributed by atoms with E-state index in [1.165, 1.54) is 11.1 Å². The number of rotatable bonds is 3. The summed E-state index contributed by atoms with van der Waals surface area (Å²) in [6.45, 7) is 7.17. The molecule has 0 aliphatic carbocycles. The molecule has 0 spiro atoms. The molecule has 0 aliphatic heterocycles. The first-order valence-corrected chi connectivity index (χ1v) is 4.77. The van der Waals surface area contributed by atoms with Gasteiger partial charge in [-0.25, -0.2) is 0 Å². The van der Waals surface area contributed by atoms with Gasteiger partial charge in [-0.2, -0.15) is 0 Å². The van der Waals surface area contributed by atoms with Gasteiger partial charge in [0.2, 0.25) is 0 Å². The summed E-state index contributed by atoms with van der Waals surface area (Å²) >= 11 is 0. The van der Waals surface area contributed by atoms with Gasteiger partial charge in [0.1, 0.15) is 0 Å². The van der Waals surface area contributed by atoms with E-state index in [0.29, 0.717) is 5.92 Å². The summed E-state index contributed by atoms with van der Waals surface area (Å²) in [4.78, 5) is 4.22. The number of hydrogen-bond acceptors (Lipinski definition) is 1. The van der Waals surface area contributed by atoms with Crippen LogP contribution in [0.25, 0.3) is 0 Å². The van der Waals surface area contributed by atoms with E-state index in [2.05, 4.69) is 43.1 Å². The molecule has 70 valence electrons. The normalized spacial score (nSPS) is 11.4. The number of benzene rings is 1. The molecule has 1 rings (SSSR count). The summed E-state index contributed by atoms with van der Waals surface area (Å²) in [7, 11) is 0. The highest BCUT2D eigenvalue weighted by Crippen LogP contribution is 2.15. The number of aliphatic imine (C=N–C) groups is 1. The van der Waals surface area contributed by atoms with Crippen molar-refractivity contribution in [1.29, 1.82) is 0 Å². The number of nitrogens with zero attached hydrogens (tertiary/aromatic N) is 1. The van der Waals surface area contributed by atoms with Crippen LogP contribution in [0.1, 0.15) is 37.8 Å². The Morgan fingerprint density at radius 3 is 2.77 bits per heavy atom. The maximum atomic E-state index is 4.22. The highest BCUT2D eigenvalue weighted by Gasteiger charge is 1.98. The van der Waals surface area contributed by atoms with E-state index < -0.39 is 0 Å². The molecule has 0 bridgehead atoms. The SMILES string of the molecule is CC=NCc1cccc(C(C)C)c1. The molecule has 1 aromatic rings. The van der Waals surface area contributed by atoms with Gasteiger partial charge >= 0.3 is 0 Å². The minimum absolute atomic E-state index is 0.602. The zero-order valence-electron chi connectivity index (χ0n) is 8.62. The molecular formula is C12H17N. The van der Waals surface area contributed by atoms with Gasteiger partial charge < -0.3 is 0 Å². The van der Waals surface area contributed by atoms with E-state index in [-0.39, 0.29) is 0 Å². The fourth-order valence-corrected chi connectivity index (χ4v) is 1.25. The minimum atomic E-state index is 0.602. The third-order valence-corrected chi connectivity index (χ3v) is 2.07. The first-order valence-electron chi connectivity index (χ1n) is 4.77. The molecule has 0 atom stereocenters. The van der Waals surface area contributed by atoms with Crippen molar-refractivity contribution in [1.82, 2.24) is 0 Å². The lowest BCUT2D eigenvalue weighted by Crippen LogP contribution is -1.89. The summed E-state index contributed by atoms with van der Waals surface area (Å²) in [5, 5.41) is 0. The Labute approximate surface area is 80.5 Å². The smallest absolute Gasteiger partial charge is 0.0635 e. The summed E-state index contributed by atoms with van der Waals surface area (Å²) in [5.74, 6) is 0.602. The van der Waals surface area contributed by atoms with Crippen LogP contribution in [0.4, 0.5) is 0 Å². The van der Waals surface area contributed by atoms with Gasteiger partial charge in [-0.05, 0) is 30.2 Å². The van der Waals surface area contributed by atoms with Crippen molar-refractivity contribution in [3.8, 4) is 0 Å². The van der Waals surface area contributed by atoms with Gasteiger partial charge in [0, 0.05) is 0 Å². The van der Waals surface area contributed by atoms with Crippen molar-refractivity contribution >= 4 is 6.21 Å². The molecule has 0 N–H and O–H groups in total. The first-order chi connectivity index (χ1) is 6.24. The lowest BCUT2D eigenvalue weighted by Gasteiger charge is -2.06. The van der Waals surface area contributed by atoms with Crippen LogP contribution in [-0.4, -0.2) is 6.21 Å². The molecule has 1 nitrogen and oxygen atoms in total. The van der Waals surface area contributed by atoms with Gasteiger partial charge in [0.05, 0.1) is 6.54 Å². The third-order valence-electron chi connectivity index (χ3n) is 2.07.